The lowest BCUT2D eigenvalue weighted by atomic mass is 10.1. The van der Waals surface area contributed by atoms with E-state index in [1.807, 2.05) is 24.3 Å². The summed E-state index contributed by atoms with van der Waals surface area (Å²) in [6.45, 7) is 3.26. The van der Waals surface area contributed by atoms with E-state index in [1.165, 1.54) is 7.11 Å². The first-order valence-electron chi connectivity index (χ1n) is 8.55. The van der Waals surface area contributed by atoms with Gasteiger partial charge < -0.3 is 19.7 Å². The number of morpholine rings is 1. The quantitative estimate of drug-likeness (QED) is 0.836. The number of amides is 1. The highest BCUT2D eigenvalue weighted by Gasteiger charge is 2.12. The normalized spacial score (nSPS) is 14.0. The van der Waals surface area contributed by atoms with E-state index >= 15 is 0 Å². The van der Waals surface area contributed by atoms with Gasteiger partial charge in [0.1, 0.15) is 0 Å². The Morgan fingerprint density at radius 3 is 2.54 bits per heavy atom. The van der Waals surface area contributed by atoms with Gasteiger partial charge >= 0.3 is 5.97 Å². The average Bonchev–Trinajstić information content (AvgIpc) is 2.68. The first kappa shape index (κ1) is 17.9. The summed E-state index contributed by atoms with van der Waals surface area (Å²) in [5, 5.41) is 2.81. The molecule has 0 radical (unpaired) electrons. The summed E-state index contributed by atoms with van der Waals surface area (Å²) in [6.07, 6.45) is 0.270. The molecule has 0 saturated carbocycles. The molecule has 1 aliphatic rings. The lowest BCUT2D eigenvalue weighted by Crippen LogP contribution is -2.36. The second kappa shape index (κ2) is 8.49. The fourth-order valence-electron chi connectivity index (χ4n) is 2.88. The molecule has 2 aromatic rings. The molecule has 0 unspecified atom stereocenters. The van der Waals surface area contributed by atoms with Gasteiger partial charge in [0, 0.05) is 24.5 Å². The highest BCUT2D eigenvalue weighted by molar-refractivity contribution is 5.95. The smallest absolute Gasteiger partial charge is 0.337 e. The van der Waals surface area contributed by atoms with E-state index in [0.717, 1.165) is 37.6 Å². The van der Waals surface area contributed by atoms with Gasteiger partial charge in [0.25, 0.3) is 0 Å². The largest absolute Gasteiger partial charge is 0.465 e. The second-order valence-corrected chi connectivity index (χ2v) is 6.06. The molecule has 1 heterocycles. The van der Waals surface area contributed by atoms with Crippen LogP contribution in [0, 0.1) is 0 Å². The number of nitrogens with one attached hydrogen (secondary N) is 1. The molecular formula is C20H22N2O4. The zero-order valence-electron chi connectivity index (χ0n) is 14.7. The fraction of sp³-hybridized carbons (Fsp3) is 0.300. The number of methoxy groups -OCH3 is 1. The van der Waals surface area contributed by atoms with Crippen molar-refractivity contribution in [2.75, 3.05) is 43.6 Å². The minimum absolute atomic E-state index is 0.133. The van der Waals surface area contributed by atoms with Crippen LogP contribution in [0.4, 0.5) is 11.4 Å². The zero-order chi connectivity index (χ0) is 18.4. The van der Waals surface area contributed by atoms with Crippen LogP contribution in [-0.2, 0) is 20.7 Å². The highest BCUT2D eigenvalue weighted by atomic mass is 16.5. The average molecular weight is 354 g/mol. The number of benzene rings is 2. The summed E-state index contributed by atoms with van der Waals surface area (Å²) < 4.78 is 10.1. The molecule has 0 atom stereocenters. The van der Waals surface area contributed by atoms with Crippen LogP contribution in [0.3, 0.4) is 0 Å². The number of carbonyl (C=O) groups is 2. The van der Waals surface area contributed by atoms with Crippen LogP contribution < -0.4 is 10.2 Å². The Bertz CT molecular complexity index is 768. The van der Waals surface area contributed by atoms with E-state index in [9.17, 15) is 9.59 Å². The van der Waals surface area contributed by atoms with Gasteiger partial charge in [-0.25, -0.2) is 4.79 Å². The highest BCUT2D eigenvalue weighted by Crippen LogP contribution is 2.17. The van der Waals surface area contributed by atoms with Gasteiger partial charge in [0.15, 0.2) is 0 Å². The number of ether oxygens (including phenoxy) is 2. The van der Waals surface area contributed by atoms with Crippen molar-refractivity contribution >= 4 is 23.3 Å². The third kappa shape index (κ3) is 4.61. The van der Waals surface area contributed by atoms with Gasteiger partial charge in [-0.1, -0.05) is 18.2 Å². The molecule has 2 aromatic carbocycles. The van der Waals surface area contributed by atoms with Gasteiger partial charge in [-0.05, 0) is 35.9 Å². The SMILES string of the molecule is COC(=O)c1cccc(NC(=O)Cc2ccc(N3CCOCC3)cc2)c1. The molecule has 1 aliphatic heterocycles. The van der Waals surface area contributed by atoms with Crippen LogP contribution in [0.1, 0.15) is 15.9 Å². The molecule has 1 fully saturated rings. The molecule has 6 nitrogen and oxygen atoms in total. The topological polar surface area (TPSA) is 67.9 Å². The Kier molecular flexibility index (Phi) is 5.86. The van der Waals surface area contributed by atoms with Gasteiger partial charge in [-0.3, -0.25) is 4.79 Å². The zero-order valence-corrected chi connectivity index (χ0v) is 14.7. The van der Waals surface area contributed by atoms with Crippen LogP contribution in [-0.4, -0.2) is 45.3 Å². The first-order valence-corrected chi connectivity index (χ1v) is 8.55. The molecule has 3 rings (SSSR count). The minimum Gasteiger partial charge on any atom is -0.465 e. The predicted octanol–water partition coefficient (Wildman–Crippen LogP) is 2.49. The molecule has 1 amide bonds. The van der Waals surface area contributed by atoms with Crippen molar-refractivity contribution in [3.05, 3.63) is 59.7 Å². The summed E-state index contributed by atoms with van der Waals surface area (Å²) >= 11 is 0. The van der Waals surface area contributed by atoms with E-state index in [1.54, 1.807) is 24.3 Å². The third-order valence-corrected chi connectivity index (χ3v) is 4.24. The Hall–Kier alpha value is -2.86. The van der Waals surface area contributed by atoms with Crippen molar-refractivity contribution in [1.29, 1.82) is 0 Å². The number of hydrogen-bond acceptors (Lipinski definition) is 5. The lowest BCUT2D eigenvalue weighted by Gasteiger charge is -2.28. The van der Waals surface area contributed by atoms with Crippen molar-refractivity contribution in [3.63, 3.8) is 0 Å². The molecule has 136 valence electrons. The molecule has 26 heavy (non-hydrogen) atoms. The Balaban J connectivity index is 1.58. The molecule has 0 aromatic heterocycles. The van der Waals surface area contributed by atoms with E-state index < -0.39 is 5.97 Å². The van der Waals surface area contributed by atoms with Gasteiger partial charge in [0.2, 0.25) is 5.91 Å². The summed E-state index contributed by atoms with van der Waals surface area (Å²) in [7, 11) is 1.33. The molecule has 0 aliphatic carbocycles. The second-order valence-electron chi connectivity index (χ2n) is 6.06. The Morgan fingerprint density at radius 2 is 1.85 bits per heavy atom. The third-order valence-electron chi connectivity index (χ3n) is 4.24. The monoisotopic (exact) mass is 354 g/mol. The number of rotatable bonds is 5. The van der Waals surface area contributed by atoms with Crippen LogP contribution in [0.5, 0.6) is 0 Å². The van der Waals surface area contributed by atoms with Gasteiger partial charge in [-0.15, -0.1) is 0 Å². The lowest BCUT2D eigenvalue weighted by molar-refractivity contribution is -0.115. The molecular weight excluding hydrogens is 332 g/mol. The van der Waals surface area contributed by atoms with Crippen molar-refractivity contribution in [3.8, 4) is 0 Å². The summed E-state index contributed by atoms with van der Waals surface area (Å²) in [5.41, 5.74) is 3.05. The van der Waals surface area contributed by atoms with Crippen molar-refractivity contribution in [2.24, 2.45) is 0 Å². The maximum Gasteiger partial charge on any atom is 0.337 e. The van der Waals surface area contributed by atoms with Crippen molar-refractivity contribution in [1.82, 2.24) is 0 Å². The number of anilines is 2. The molecule has 1 N–H and O–H groups in total. The standard InChI is InChI=1S/C20H22N2O4/c1-25-20(24)16-3-2-4-17(14-16)21-19(23)13-15-5-7-18(8-6-15)22-9-11-26-12-10-22/h2-8,14H,9-13H2,1H3,(H,21,23). The number of hydrogen-bond donors (Lipinski definition) is 1. The van der Waals surface area contributed by atoms with Gasteiger partial charge in [-0.2, -0.15) is 0 Å². The van der Waals surface area contributed by atoms with E-state index in [0.29, 0.717) is 11.3 Å². The predicted molar refractivity (Wildman–Crippen MR) is 99.6 cm³/mol. The molecule has 0 bridgehead atoms. The van der Waals surface area contributed by atoms with E-state index in [2.05, 4.69) is 15.0 Å². The number of esters is 1. The first-order chi connectivity index (χ1) is 12.7. The minimum atomic E-state index is -0.431. The van der Waals surface area contributed by atoms with Crippen molar-refractivity contribution in [2.45, 2.75) is 6.42 Å². The maximum absolute atomic E-state index is 12.3. The molecule has 0 spiro atoms. The van der Waals surface area contributed by atoms with Crippen LogP contribution >= 0.6 is 0 Å². The summed E-state index contributed by atoms with van der Waals surface area (Å²) in [6, 6.07) is 14.7. The van der Waals surface area contributed by atoms with Crippen molar-refractivity contribution < 1.29 is 19.1 Å². The summed E-state index contributed by atoms with van der Waals surface area (Å²) in [4.78, 5) is 26.1. The number of nitrogens with zero attached hydrogens (tertiary/aromatic N) is 1. The van der Waals surface area contributed by atoms with E-state index in [-0.39, 0.29) is 12.3 Å². The summed E-state index contributed by atoms with van der Waals surface area (Å²) in [5.74, 6) is -0.564. The fourth-order valence-corrected chi connectivity index (χ4v) is 2.88. The van der Waals surface area contributed by atoms with Crippen LogP contribution in [0.15, 0.2) is 48.5 Å². The number of carbonyl (C=O) groups excluding carboxylic acids is 2. The van der Waals surface area contributed by atoms with Crippen LogP contribution in [0.25, 0.3) is 0 Å². The maximum atomic E-state index is 12.3. The Morgan fingerprint density at radius 1 is 1.12 bits per heavy atom. The Labute approximate surface area is 152 Å². The molecule has 1 saturated heterocycles. The van der Waals surface area contributed by atoms with Gasteiger partial charge in [0.05, 0.1) is 32.3 Å². The van der Waals surface area contributed by atoms with E-state index in [4.69, 9.17) is 4.74 Å². The molecule has 6 heteroatoms. The van der Waals surface area contributed by atoms with Crippen LogP contribution in [0.2, 0.25) is 0 Å².